The lowest BCUT2D eigenvalue weighted by Crippen LogP contribution is -2.26. The molecule has 3 aromatic rings. The SMILES string of the molecule is Cc1oc(-c2cccs2)nc1CCNC(=O)c1ccc(C(F)(F)F)cc1. The van der Waals surface area contributed by atoms with Crippen molar-refractivity contribution in [3.63, 3.8) is 0 Å². The summed E-state index contributed by atoms with van der Waals surface area (Å²) in [6.07, 6.45) is -3.95. The predicted octanol–water partition coefficient (Wildman–Crippen LogP) is 4.70. The maximum absolute atomic E-state index is 12.5. The standard InChI is InChI=1S/C18H15F3N2O2S/c1-11-14(23-17(25-11)15-3-2-10-26-15)8-9-22-16(24)12-4-6-13(7-5-12)18(19,20)21/h2-7,10H,8-9H2,1H3,(H,22,24). The monoisotopic (exact) mass is 380 g/mol. The minimum absolute atomic E-state index is 0.175. The van der Waals surface area contributed by atoms with Crippen LogP contribution < -0.4 is 5.32 Å². The largest absolute Gasteiger partial charge is 0.440 e. The molecule has 26 heavy (non-hydrogen) atoms. The van der Waals surface area contributed by atoms with E-state index in [-0.39, 0.29) is 5.56 Å². The van der Waals surface area contributed by atoms with Crippen LogP contribution in [-0.2, 0) is 12.6 Å². The van der Waals surface area contributed by atoms with Crippen molar-refractivity contribution in [3.05, 3.63) is 64.4 Å². The number of hydrogen-bond acceptors (Lipinski definition) is 4. The summed E-state index contributed by atoms with van der Waals surface area (Å²) in [5.41, 5.74) is 0.128. The molecule has 1 aromatic carbocycles. The summed E-state index contributed by atoms with van der Waals surface area (Å²) >= 11 is 1.52. The quantitative estimate of drug-likeness (QED) is 0.698. The smallest absolute Gasteiger partial charge is 0.416 e. The number of nitrogens with zero attached hydrogens (tertiary/aromatic N) is 1. The lowest BCUT2D eigenvalue weighted by Gasteiger charge is -2.08. The molecule has 0 atom stereocenters. The van der Waals surface area contributed by atoms with Gasteiger partial charge in [-0.3, -0.25) is 4.79 Å². The zero-order valence-electron chi connectivity index (χ0n) is 13.8. The van der Waals surface area contributed by atoms with Crippen LogP contribution in [0.25, 0.3) is 10.8 Å². The molecule has 0 spiro atoms. The second-order valence-electron chi connectivity index (χ2n) is 5.58. The molecule has 0 aliphatic carbocycles. The zero-order chi connectivity index (χ0) is 18.7. The molecule has 0 saturated carbocycles. The summed E-state index contributed by atoms with van der Waals surface area (Å²) < 4.78 is 43.2. The summed E-state index contributed by atoms with van der Waals surface area (Å²) in [6, 6.07) is 7.92. The zero-order valence-corrected chi connectivity index (χ0v) is 14.6. The van der Waals surface area contributed by atoms with E-state index in [9.17, 15) is 18.0 Å². The van der Waals surface area contributed by atoms with E-state index >= 15 is 0 Å². The molecule has 136 valence electrons. The highest BCUT2D eigenvalue weighted by atomic mass is 32.1. The summed E-state index contributed by atoms with van der Waals surface area (Å²) in [5, 5.41) is 4.61. The number of aryl methyl sites for hydroxylation is 1. The van der Waals surface area contributed by atoms with Crippen LogP contribution in [0.3, 0.4) is 0 Å². The van der Waals surface area contributed by atoms with Gasteiger partial charge in [0.2, 0.25) is 5.89 Å². The van der Waals surface area contributed by atoms with Crippen LogP contribution in [0.2, 0.25) is 0 Å². The fraction of sp³-hybridized carbons (Fsp3) is 0.222. The Morgan fingerprint density at radius 3 is 2.58 bits per heavy atom. The highest BCUT2D eigenvalue weighted by molar-refractivity contribution is 7.13. The van der Waals surface area contributed by atoms with Crippen molar-refractivity contribution in [2.75, 3.05) is 6.54 Å². The number of nitrogens with one attached hydrogen (secondary N) is 1. The molecule has 0 saturated heterocycles. The number of amides is 1. The van der Waals surface area contributed by atoms with E-state index in [4.69, 9.17) is 4.42 Å². The molecular weight excluding hydrogens is 365 g/mol. The molecule has 1 N–H and O–H groups in total. The molecule has 0 aliphatic heterocycles. The van der Waals surface area contributed by atoms with Crippen molar-refractivity contribution < 1.29 is 22.4 Å². The Labute approximate surface area is 151 Å². The molecule has 2 heterocycles. The van der Waals surface area contributed by atoms with Gasteiger partial charge in [0.25, 0.3) is 5.91 Å². The molecule has 0 unspecified atom stereocenters. The van der Waals surface area contributed by atoms with Gasteiger partial charge >= 0.3 is 6.18 Å². The van der Waals surface area contributed by atoms with Gasteiger partial charge in [0, 0.05) is 18.5 Å². The third-order valence-electron chi connectivity index (χ3n) is 3.75. The maximum atomic E-state index is 12.5. The number of aromatic nitrogens is 1. The van der Waals surface area contributed by atoms with E-state index in [2.05, 4.69) is 10.3 Å². The van der Waals surface area contributed by atoms with Gasteiger partial charge in [0.1, 0.15) is 5.76 Å². The van der Waals surface area contributed by atoms with Crippen molar-refractivity contribution in [2.45, 2.75) is 19.5 Å². The van der Waals surface area contributed by atoms with Gasteiger partial charge < -0.3 is 9.73 Å². The van der Waals surface area contributed by atoms with Gasteiger partial charge in [0.05, 0.1) is 16.1 Å². The number of hydrogen-bond donors (Lipinski definition) is 1. The fourth-order valence-electron chi connectivity index (χ4n) is 2.37. The lowest BCUT2D eigenvalue weighted by atomic mass is 10.1. The fourth-order valence-corrected chi connectivity index (χ4v) is 3.02. The van der Waals surface area contributed by atoms with Gasteiger partial charge in [0.15, 0.2) is 0 Å². The first-order chi connectivity index (χ1) is 12.3. The first kappa shape index (κ1) is 18.2. The third-order valence-corrected chi connectivity index (χ3v) is 4.60. The van der Waals surface area contributed by atoms with Crippen LogP contribution in [0.1, 0.15) is 27.4 Å². The first-order valence-corrected chi connectivity index (χ1v) is 8.68. The Morgan fingerprint density at radius 1 is 1.23 bits per heavy atom. The second kappa shape index (κ2) is 7.33. The van der Waals surface area contributed by atoms with E-state index < -0.39 is 17.6 Å². The highest BCUT2D eigenvalue weighted by Gasteiger charge is 2.30. The van der Waals surface area contributed by atoms with E-state index in [0.717, 1.165) is 34.8 Å². The minimum Gasteiger partial charge on any atom is -0.440 e. The van der Waals surface area contributed by atoms with E-state index in [0.29, 0.717) is 24.6 Å². The van der Waals surface area contributed by atoms with Crippen molar-refractivity contribution >= 4 is 17.2 Å². The van der Waals surface area contributed by atoms with Crippen LogP contribution >= 0.6 is 11.3 Å². The Bertz CT molecular complexity index is 884. The van der Waals surface area contributed by atoms with Crippen molar-refractivity contribution in [3.8, 4) is 10.8 Å². The number of oxazole rings is 1. The number of carbonyl (C=O) groups excluding carboxylic acids is 1. The van der Waals surface area contributed by atoms with Gasteiger partial charge in [-0.1, -0.05) is 6.07 Å². The molecule has 0 radical (unpaired) electrons. The Hall–Kier alpha value is -2.61. The number of alkyl halides is 3. The minimum atomic E-state index is -4.42. The predicted molar refractivity (Wildman–Crippen MR) is 92.0 cm³/mol. The molecule has 3 rings (SSSR count). The van der Waals surface area contributed by atoms with Crippen LogP contribution in [-0.4, -0.2) is 17.4 Å². The molecular formula is C18H15F3N2O2S. The normalized spacial score (nSPS) is 11.5. The van der Waals surface area contributed by atoms with Gasteiger partial charge in [-0.2, -0.15) is 13.2 Å². The Balaban J connectivity index is 1.57. The highest BCUT2D eigenvalue weighted by Crippen LogP contribution is 2.29. The summed E-state index contributed by atoms with van der Waals surface area (Å²) in [4.78, 5) is 17.4. The van der Waals surface area contributed by atoms with Gasteiger partial charge in [-0.25, -0.2) is 4.98 Å². The van der Waals surface area contributed by atoms with Crippen LogP contribution in [0.15, 0.2) is 46.2 Å². The number of carbonyl (C=O) groups is 1. The topological polar surface area (TPSA) is 55.1 Å². The summed E-state index contributed by atoms with van der Waals surface area (Å²) in [6.45, 7) is 2.11. The van der Waals surface area contributed by atoms with Crippen molar-refractivity contribution in [1.82, 2.24) is 10.3 Å². The van der Waals surface area contributed by atoms with Gasteiger partial charge in [-0.05, 0) is 42.6 Å². The molecule has 8 heteroatoms. The van der Waals surface area contributed by atoms with Gasteiger partial charge in [-0.15, -0.1) is 11.3 Å². The average Bonchev–Trinajstić information content (AvgIpc) is 3.24. The molecule has 2 aromatic heterocycles. The lowest BCUT2D eigenvalue weighted by molar-refractivity contribution is -0.137. The number of rotatable bonds is 5. The van der Waals surface area contributed by atoms with Crippen LogP contribution in [0, 0.1) is 6.92 Å². The molecule has 1 amide bonds. The maximum Gasteiger partial charge on any atom is 0.416 e. The Kier molecular flexibility index (Phi) is 5.13. The average molecular weight is 380 g/mol. The van der Waals surface area contributed by atoms with Crippen molar-refractivity contribution in [2.24, 2.45) is 0 Å². The third kappa shape index (κ3) is 4.13. The number of benzene rings is 1. The summed E-state index contributed by atoms with van der Waals surface area (Å²) in [5.74, 6) is 0.789. The second-order valence-corrected chi connectivity index (χ2v) is 6.53. The number of thiophene rings is 1. The Morgan fingerprint density at radius 2 is 1.96 bits per heavy atom. The van der Waals surface area contributed by atoms with Crippen LogP contribution in [0.4, 0.5) is 13.2 Å². The van der Waals surface area contributed by atoms with Crippen molar-refractivity contribution in [1.29, 1.82) is 0 Å². The molecule has 4 nitrogen and oxygen atoms in total. The first-order valence-electron chi connectivity index (χ1n) is 7.80. The summed E-state index contributed by atoms with van der Waals surface area (Å²) in [7, 11) is 0. The number of halogens is 3. The molecule has 0 aliphatic rings. The van der Waals surface area contributed by atoms with E-state index in [1.165, 1.54) is 11.3 Å². The van der Waals surface area contributed by atoms with E-state index in [1.807, 2.05) is 17.5 Å². The molecule has 0 bridgehead atoms. The van der Waals surface area contributed by atoms with E-state index in [1.54, 1.807) is 6.92 Å². The van der Waals surface area contributed by atoms with Crippen LogP contribution in [0.5, 0.6) is 0 Å². The molecule has 0 fully saturated rings.